The predicted molar refractivity (Wildman–Crippen MR) is 71.6 cm³/mol. The third-order valence-corrected chi connectivity index (χ3v) is 2.69. The predicted octanol–water partition coefficient (Wildman–Crippen LogP) is 3.46. The second-order valence-electron chi connectivity index (χ2n) is 5.28. The molecule has 1 aromatic carbocycles. The van der Waals surface area contributed by atoms with Crippen LogP contribution < -0.4 is 5.32 Å². The molecule has 0 radical (unpaired) electrons. The smallest absolute Gasteiger partial charge is 0.128 e. The van der Waals surface area contributed by atoms with Crippen LogP contribution in [0.4, 0.5) is 11.5 Å². The van der Waals surface area contributed by atoms with Gasteiger partial charge in [-0.1, -0.05) is 39.0 Å². The van der Waals surface area contributed by atoms with E-state index in [2.05, 4.69) is 37.3 Å². The minimum Gasteiger partial charge on any atom is -0.340 e. The summed E-state index contributed by atoms with van der Waals surface area (Å²) in [6.45, 7) is 6.50. The SMILES string of the molecule is Cn1nc(C(C)(C)C)cc1Nc1ccccc1. The fourth-order valence-electron chi connectivity index (χ4n) is 1.62. The van der Waals surface area contributed by atoms with Crippen molar-refractivity contribution >= 4 is 11.5 Å². The quantitative estimate of drug-likeness (QED) is 0.854. The molecule has 17 heavy (non-hydrogen) atoms. The molecule has 1 aromatic heterocycles. The third kappa shape index (κ3) is 2.67. The molecule has 3 nitrogen and oxygen atoms in total. The molecular formula is C14H19N3. The van der Waals surface area contributed by atoms with Crippen LogP contribution in [0.2, 0.25) is 0 Å². The monoisotopic (exact) mass is 229 g/mol. The molecule has 0 spiro atoms. The van der Waals surface area contributed by atoms with Gasteiger partial charge in [0.1, 0.15) is 5.82 Å². The second-order valence-corrected chi connectivity index (χ2v) is 5.28. The van der Waals surface area contributed by atoms with Crippen LogP contribution in [0, 0.1) is 0 Å². The van der Waals surface area contributed by atoms with Crippen molar-refractivity contribution in [1.82, 2.24) is 9.78 Å². The van der Waals surface area contributed by atoms with Crippen LogP contribution in [-0.4, -0.2) is 9.78 Å². The van der Waals surface area contributed by atoms with Gasteiger partial charge in [-0.05, 0) is 12.1 Å². The maximum Gasteiger partial charge on any atom is 0.128 e. The first-order valence-corrected chi connectivity index (χ1v) is 5.83. The fourth-order valence-corrected chi connectivity index (χ4v) is 1.62. The summed E-state index contributed by atoms with van der Waals surface area (Å²) < 4.78 is 1.88. The molecule has 0 unspecified atom stereocenters. The second kappa shape index (κ2) is 4.24. The molecule has 0 bridgehead atoms. The summed E-state index contributed by atoms with van der Waals surface area (Å²) in [6, 6.07) is 12.2. The Balaban J connectivity index is 2.26. The van der Waals surface area contributed by atoms with E-state index in [1.54, 1.807) is 0 Å². The number of nitrogens with one attached hydrogen (secondary N) is 1. The zero-order chi connectivity index (χ0) is 12.5. The molecule has 0 atom stereocenters. The van der Waals surface area contributed by atoms with Crippen LogP contribution in [0.5, 0.6) is 0 Å². The number of benzene rings is 1. The molecule has 90 valence electrons. The van der Waals surface area contributed by atoms with E-state index in [0.29, 0.717) is 0 Å². The van der Waals surface area contributed by atoms with E-state index in [-0.39, 0.29) is 5.41 Å². The minimum atomic E-state index is 0.0778. The van der Waals surface area contributed by atoms with Crippen molar-refractivity contribution < 1.29 is 0 Å². The zero-order valence-corrected chi connectivity index (χ0v) is 10.9. The Morgan fingerprint density at radius 1 is 1.12 bits per heavy atom. The van der Waals surface area contributed by atoms with Gasteiger partial charge < -0.3 is 5.32 Å². The normalized spacial score (nSPS) is 11.5. The number of anilines is 2. The van der Waals surface area contributed by atoms with Gasteiger partial charge in [0.2, 0.25) is 0 Å². The lowest BCUT2D eigenvalue weighted by molar-refractivity contribution is 0.553. The van der Waals surface area contributed by atoms with Crippen molar-refractivity contribution in [3.8, 4) is 0 Å². The molecular weight excluding hydrogens is 210 g/mol. The summed E-state index contributed by atoms with van der Waals surface area (Å²) >= 11 is 0. The average molecular weight is 229 g/mol. The molecule has 1 N–H and O–H groups in total. The van der Waals surface area contributed by atoms with Crippen LogP contribution in [0.3, 0.4) is 0 Å². The van der Waals surface area contributed by atoms with Crippen molar-refractivity contribution in [2.45, 2.75) is 26.2 Å². The Hall–Kier alpha value is -1.77. The summed E-state index contributed by atoms with van der Waals surface area (Å²) in [6.07, 6.45) is 0. The van der Waals surface area contributed by atoms with Gasteiger partial charge in [-0.15, -0.1) is 0 Å². The zero-order valence-electron chi connectivity index (χ0n) is 10.9. The highest BCUT2D eigenvalue weighted by atomic mass is 15.3. The van der Waals surface area contributed by atoms with E-state index in [9.17, 15) is 0 Å². The first kappa shape index (κ1) is 11.7. The maximum atomic E-state index is 4.53. The Morgan fingerprint density at radius 2 is 1.76 bits per heavy atom. The average Bonchev–Trinajstić information content (AvgIpc) is 2.62. The fraction of sp³-hybridized carbons (Fsp3) is 0.357. The molecule has 0 amide bonds. The van der Waals surface area contributed by atoms with Gasteiger partial charge in [-0.3, -0.25) is 4.68 Å². The Morgan fingerprint density at radius 3 is 2.29 bits per heavy atom. The van der Waals surface area contributed by atoms with Crippen LogP contribution >= 0.6 is 0 Å². The molecule has 2 aromatic rings. The molecule has 0 aliphatic carbocycles. The van der Waals surface area contributed by atoms with Crippen LogP contribution in [0.15, 0.2) is 36.4 Å². The van der Waals surface area contributed by atoms with Gasteiger partial charge in [-0.2, -0.15) is 5.10 Å². The maximum absolute atomic E-state index is 4.53. The van der Waals surface area contributed by atoms with E-state index >= 15 is 0 Å². The number of hydrogen-bond acceptors (Lipinski definition) is 2. The molecule has 0 saturated carbocycles. The Labute approximate surface area is 102 Å². The topological polar surface area (TPSA) is 29.9 Å². The van der Waals surface area contributed by atoms with E-state index < -0.39 is 0 Å². The van der Waals surface area contributed by atoms with Gasteiger partial charge in [0.15, 0.2) is 0 Å². The first-order valence-electron chi connectivity index (χ1n) is 5.83. The van der Waals surface area contributed by atoms with Crippen LogP contribution in [0.25, 0.3) is 0 Å². The number of aryl methyl sites for hydroxylation is 1. The molecule has 1 heterocycles. The number of rotatable bonds is 2. The number of para-hydroxylation sites is 1. The summed E-state index contributed by atoms with van der Waals surface area (Å²) in [5, 5.41) is 7.90. The van der Waals surface area contributed by atoms with Gasteiger partial charge in [0.25, 0.3) is 0 Å². The minimum absolute atomic E-state index is 0.0778. The molecule has 0 aliphatic rings. The summed E-state index contributed by atoms with van der Waals surface area (Å²) in [7, 11) is 1.96. The molecule has 2 rings (SSSR count). The highest BCUT2D eigenvalue weighted by molar-refractivity contribution is 5.56. The standard InChI is InChI=1S/C14H19N3/c1-14(2,3)12-10-13(17(4)16-12)15-11-8-6-5-7-9-11/h5-10,15H,1-4H3. The van der Waals surface area contributed by atoms with E-state index in [4.69, 9.17) is 0 Å². The lowest BCUT2D eigenvalue weighted by Gasteiger charge is -2.13. The molecule has 3 heteroatoms. The van der Waals surface area contributed by atoms with Gasteiger partial charge in [-0.25, -0.2) is 0 Å². The lowest BCUT2D eigenvalue weighted by Crippen LogP contribution is -2.12. The highest BCUT2D eigenvalue weighted by Crippen LogP contribution is 2.25. The molecule has 0 saturated heterocycles. The number of nitrogens with zero attached hydrogens (tertiary/aromatic N) is 2. The van der Waals surface area contributed by atoms with Gasteiger partial charge in [0, 0.05) is 24.2 Å². The van der Waals surface area contributed by atoms with Crippen LogP contribution in [0.1, 0.15) is 26.5 Å². The van der Waals surface area contributed by atoms with Crippen molar-refractivity contribution in [3.05, 3.63) is 42.1 Å². The van der Waals surface area contributed by atoms with Crippen molar-refractivity contribution in [2.24, 2.45) is 7.05 Å². The van der Waals surface area contributed by atoms with Gasteiger partial charge in [0.05, 0.1) is 5.69 Å². The van der Waals surface area contributed by atoms with E-state index in [1.165, 1.54) is 0 Å². The summed E-state index contributed by atoms with van der Waals surface area (Å²) in [4.78, 5) is 0. The van der Waals surface area contributed by atoms with Crippen molar-refractivity contribution in [2.75, 3.05) is 5.32 Å². The van der Waals surface area contributed by atoms with Crippen molar-refractivity contribution in [3.63, 3.8) is 0 Å². The number of hydrogen-bond donors (Lipinski definition) is 1. The summed E-state index contributed by atoms with van der Waals surface area (Å²) in [5.74, 6) is 1.01. The molecule has 0 aliphatic heterocycles. The highest BCUT2D eigenvalue weighted by Gasteiger charge is 2.18. The van der Waals surface area contributed by atoms with Crippen LogP contribution in [-0.2, 0) is 12.5 Å². The largest absolute Gasteiger partial charge is 0.340 e. The lowest BCUT2D eigenvalue weighted by atomic mass is 9.92. The van der Waals surface area contributed by atoms with E-state index in [0.717, 1.165) is 17.2 Å². The number of aromatic nitrogens is 2. The van der Waals surface area contributed by atoms with Gasteiger partial charge >= 0.3 is 0 Å². The Kier molecular flexibility index (Phi) is 2.92. The first-order chi connectivity index (χ1) is 7.97. The van der Waals surface area contributed by atoms with E-state index in [1.807, 2.05) is 42.1 Å². The third-order valence-electron chi connectivity index (χ3n) is 2.69. The van der Waals surface area contributed by atoms with Crippen molar-refractivity contribution in [1.29, 1.82) is 0 Å². The Bertz CT molecular complexity index is 492. The summed E-state index contributed by atoms with van der Waals surface area (Å²) in [5.41, 5.74) is 2.25. The molecule has 0 fully saturated rings.